The molecule has 3 aromatic rings. The summed E-state index contributed by atoms with van der Waals surface area (Å²) >= 11 is 0. The van der Waals surface area contributed by atoms with Gasteiger partial charge in [-0.15, -0.1) is 0 Å². The first-order valence-electron chi connectivity index (χ1n) is 10.1. The van der Waals surface area contributed by atoms with Gasteiger partial charge in [0, 0.05) is 24.6 Å². The zero-order valence-corrected chi connectivity index (χ0v) is 16.9. The van der Waals surface area contributed by atoms with Crippen LogP contribution in [0.25, 0.3) is 0 Å². The maximum absolute atomic E-state index is 12.9. The lowest BCUT2D eigenvalue weighted by Crippen LogP contribution is -2.41. The molecule has 2 atom stereocenters. The molecule has 1 aliphatic rings. The number of aromatic nitrogens is 1. The largest absolute Gasteiger partial charge is 0.457 e. The van der Waals surface area contributed by atoms with Gasteiger partial charge < -0.3 is 14.6 Å². The van der Waals surface area contributed by atoms with E-state index in [2.05, 4.69) is 40.2 Å². The number of carbonyl (C=O) groups excluding carboxylic acids is 1. The Bertz CT molecular complexity index is 950. The molecule has 1 aromatic heterocycles. The van der Waals surface area contributed by atoms with E-state index in [1.165, 1.54) is 5.69 Å². The van der Waals surface area contributed by atoms with E-state index < -0.39 is 0 Å². The minimum absolute atomic E-state index is 0.0165. The van der Waals surface area contributed by atoms with E-state index in [1.807, 2.05) is 61.5 Å². The Labute approximate surface area is 171 Å². The number of hydrogen-bond donors (Lipinski definition) is 1. The van der Waals surface area contributed by atoms with Crippen LogP contribution in [-0.4, -0.2) is 28.0 Å². The molecule has 2 aromatic carbocycles. The highest BCUT2D eigenvalue weighted by Crippen LogP contribution is 2.34. The third-order valence-electron chi connectivity index (χ3n) is 5.60. The van der Waals surface area contributed by atoms with Crippen molar-refractivity contribution in [3.63, 3.8) is 0 Å². The zero-order chi connectivity index (χ0) is 20.2. The number of aryl methyl sites for hydroxylation is 1. The van der Waals surface area contributed by atoms with Crippen LogP contribution in [-0.2, 0) is 11.8 Å². The lowest BCUT2D eigenvalue weighted by Gasteiger charge is -2.30. The molecule has 0 spiro atoms. The fourth-order valence-electron chi connectivity index (χ4n) is 4.02. The highest BCUT2D eigenvalue weighted by molar-refractivity contribution is 5.94. The van der Waals surface area contributed by atoms with Gasteiger partial charge in [-0.05, 0) is 74.8 Å². The van der Waals surface area contributed by atoms with E-state index in [4.69, 9.17) is 4.74 Å². The Morgan fingerprint density at radius 2 is 1.76 bits per heavy atom. The van der Waals surface area contributed by atoms with Crippen molar-refractivity contribution in [3.05, 3.63) is 78.6 Å². The maximum atomic E-state index is 12.9. The number of nitrogens with zero attached hydrogens (tertiary/aromatic N) is 2. The van der Waals surface area contributed by atoms with Crippen molar-refractivity contribution < 1.29 is 9.53 Å². The van der Waals surface area contributed by atoms with E-state index in [0.717, 1.165) is 36.6 Å². The van der Waals surface area contributed by atoms with Crippen molar-refractivity contribution >= 4 is 11.6 Å². The van der Waals surface area contributed by atoms with E-state index in [-0.39, 0.29) is 18.0 Å². The Morgan fingerprint density at radius 3 is 2.45 bits per heavy atom. The number of carbonyl (C=O) groups is 1. The Balaban J connectivity index is 1.39. The van der Waals surface area contributed by atoms with Crippen LogP contribution in [0, 0.1) is 0 Å². The number of rotatable bonds is 6. The van der Waals surface area contributed by atoms with Gasteiger partial charge in [0.25, 0.3) is 0 Å². The first-order valence-corrected chi connectivity index (χ1v) is 10.1. The summed E-state index contributed by atoms with van der Waals surface area (Å²) in [6.07, 6.45) is 4.26. The molecule has 1 saturated heterocycles. The van der Waals surface area contributed by atoms with Gasteiger partial charge in [-0.1, -0.05) is 18.2 Å². The number of likely N-dealkylation sites (tertiary alicyclic amines) is 1. The molecule has 0 unspecified atom stereocenters. The van der Waals surface area contributed by atoms with Gasteiger partial charge in [-0.3, -0.25) is 9.69 Å². The molecule has 5 nitrogen and oxygen atoms in total. The summed E-state index contributed by atoms with van der Waals surface area (Å²) in [5.41, 5.74) is 2.04. The molecule has 0 saturated carbocycles. The van der Waals surface area contributed by atoms with Crippen molar-refractivity contribution in [1.29, 1.82) is 0 Å². The van der Waals surface area contributed by atoms with Crippen LogP contribution >= 0.6 is 0 Å². The van der Waals surface area contributed by atoms with E-state index >= 15 is 0 Å². The molecule has 1 fully saturated rings. The fraction of sp³-hybridized carbons (Fsp3) is 0.292. The molecular weight excluding hydrogens is 362 g/mol. The number of anilines is 1. The summed E-state index contributed by atoms with van der Waals surface area (Å²) in [5, 5.41) is 3.05. The second kappa shape index (κ2) is 8.53. The highest BCUT2D eigenvalue weighted by Gasteiger charge is 2.34. The normalized spacial score (nSPS) is 17.8. The lowest BCUT2D eigenvalue weighted by molar-refractivity contribution is -0.121. The van der Waals surface area contributed by atoms with Crippen LogP contribution in [0.3, 0.4) is 0 Å². The van der Waals surface area contributed by atoms with Gasteiger partial charge in [0.2, 0.25) is 5.91 Å². The molecule has 1 aliphatic heterocycles. The first kappa shape index (κ1) is 19.3. The lowest BCUT2D eigenvalue weighted by atomic mass is 10.1. The Hall–Kier alpha value is -3.05. The van der Waals surface area contributed by atoms with Gasteiger partial charge in [0.05, 0.1) is 12.1 Å². The summed E-state index contributed by atoms with van der Waals surface area (Å²) in [6.45, 7) is 2.93. The van der Waals surface area contributed by atoms with Crippen LogP contribution in [0.5, 0.6) is 11.5 Å². The minimum atomic E-state index is -0.197. The third kappa shape index (κ3) is 4.35. The van der Waals surface area contributed by atoms with Crippen molar-refractivity contribution in [2.75, 3.05) is 11.9 Å². The molecular formula is C24H27N3O2. The van der Waals surface area contributed by atoms with Crippen LogP contribution in [0.4, 0.5) is 5.69 Å². The number of amides is 1. The molecule has 5 heteroatoms. The van der Waals surface area contributed by atoms with Crippen LogP contribution in [0.15, 0.2) is 72.9 Å². The number of ether oxygens (including phenoxy) is 1. The van der Waals surface area contributed by atoms with E-state index in [9.17, 15) is 4.79 Å². The SMILES string of the molecule is C[C@H](C(=O)Nc1ccc(Oc2ccccc2)cc1)N1CCC[C@@H]1c1cccn1C. The molecule has 1 amide bonds. The topological polar surface area (TPSA) is 46.5 Å². The smallest absolute Gasteiger partial charge is 0.241 e. The van der Waals surface area contributed by atoms with Crippen molar-refractivity contribution in [2.24, 2.45) is 7.05 Å². The Kier molecular flexibility index (Phi) is 5.67. The molecule has 150 valence electrons. The van der Waals surface area contributed by atoms with E-state index in [0.29, 0.717) is 0 Å². The standard InChI is InChI=1S/C24H27N3O2/c1-18(27-17-7-11-23(27)22-10-6-16-26(22)2)24(28)25-19-12-14-21(15-13-19)29-20-8-4-3-5-9-20/h3-6,8-10,12-16,18,23H,7,11,17H2,1-2H3,(H,25,28)/t18-,23-/m1/s1. The van der Waals surface area contributed by atoms with Crippen molar-refractivity contribution in [1.82, 2.24) is 9.47 Å². The summed E-state index contributed by atoms with van der Waals surface area (Å²) in [4.78, 5) is 15.2. The second-order valence-corrected chi connectivity index (χ2v) is 7.54. The number of nitrogens with one attached hydrogen (secondary N) is 1. The molecule has 29 heavy (non-hydrogen) atoms. The predicted molar refractivity (Wildman–Crippen MR) is 115 cm³/mol. The number of hydrogen-bond acceptors (Lipinski definition) is 3. The first-order chi connectivity index (χ1) is 14.1. The second-order valence-electron chi connectivity index (χ2n) is 7.54. The monoisotopic (exact) mass is 389 g/mol. The van der Waals surface area contributed by atoms with Gasteiger partial charge >= 0.3 is 0 Å². The molecule has 0 radical (unpaired) electrons. The zero-order valence-electron chi connectivity index (χ0n) is 16.9. The third-order valence-corrected chi connectivity index (χ3v) is 5.60. The number of benzene rings is 2. The summed E-state index contributed by atoms with van der Waals surface area (Å²) in [5.74, 6) is 1.55. The average Bonchev–Trinajstić information content (AvgIpc) is 3.38. The maximum Gasteiger partial charge on any atom is 0.241 e. The van der Waals surface area contributed by atoms with Gasteiger partial charge in [0.1, 0.15) is 11.5 Å². The summed E-state index contributed by atoms with van der Waals surface area (Å²) in [7, 11) is 2.07. The van der Waals surface area contributed by atoms with Crippen LogP contribution in [0.1, 0.15) is 31.5 Å². The van der Waals surface area contributed by atoms with Crippen molar-refractivity contribution in [3.8, 4) is 11.5 Å². The fourth-order valence-corrected chi connectivity index (χ4v) is 4.02. The van der Waals surface area contributed by atoms with Crippen molar-refractivity contribution in [2.45, 2.75) is 31.8 Å². The summed E-state index contributed by atoms with van der Waals surface area (Å²) < 4.78 is 7.96. The average molecular weight is 389 g/mol. The van der Waals surface area contributed by atoms with Gasteiger partial charge in [-0.25, -0.2) is 0 Å². The van der Waals surface area contributed by atoms with E-state index in [1.54, 1.807) is 0 Å². The molecule has 4 rings (SSSR count). The minimum Gasteiger partial charge on any atom is -0.457 e. The quantitative estimate of drug-likeness (QED) is 0.647. The molecule has 1 N–H and O–H groups in total. The summed E-state index contributed by atoms with van der Waals surface area (Å²) in [6, 6.07) is 21.5. The van der Waals surface area contributed by atoms with Gasteiger partial charge in [-0.2, -0.15) is 0 Å². The number of para-hydroxylation sites is 1. The predicted octanol–water partition coefficient (Wildman–Crippen LogP) is 4.98. The molecule has 0 aliphatic carbocycles. The highest BCUT2D eigenvalue weighted by atomic mass is 16.5. The molecule has 2 heterocycles. The van der Waals surface area contributed by atoms with Gasteiger partial charge in [0.15, 0.2) is 0 Å². The van der Waals surface area contributed by atoms with Crippen LogP contribution < -0.4 is 10.1 Å². The van der Waals surface area contributed by atoms with Crippen LogP contribution in [0.2, 0.25) is 0 Å². The Morgan fingerprint density at radius 1 is 1.03 bits per heavy atom. The molecule has 0 bridgehead atoms.